The predicted octanol–water partition coefficient (Wildman–Crippen LogP) is 3.88. The number of amides is 1. The Bertz CT molecular complexity index is 487. The van der Waals surface area contributed by atoms with Crippen molar-refractivity contribution in [2.75, 3.05) is 5.73 Å². The molecule has 1 aliphatic rings. The highest BCUT2D eigenvalue weighted by molar-refractivity contribution is 6.44. The fourth-order valence-electron chi connectivity index (χ4n) is 2.12. The second kappa shape index (κ2) is 6.02. The highest BCUT2D eigenvalue weighted by Gasteiger charge is 2.26. The molecular weight excluding hydrogens is 283 g/mol. The number of rotatable bonds is 5. The molecule has 3 nitrogen and oxygen atoms in total. The van der Waals surface area contributed by atoms with E-state index in [2.05, 4.69) is 12.2 Å². The summed E-state index contributed by atoms with van der Waals surface area (Å²) in [7, 11) is 0. The summed E-state index contributed by atoms with van der Waals surface area (Å²) in [6.45, 7) is 2.07. The average molecular weight is 301 g/mol. The molecular formula is C14H18Cl2N2O. The van der Waals surface area contributed by atoms with E-state index in [0.717, 1.165) is 18.8 Å². The molecule has 0 heterocycles. The fourth-order valence-corrected chi connectivity index (χ4v) is 2.54. The van der Waals surface area contributed by atoms with Crippen LogP contribution in [0.15, 0.2) is 12.1 Å². The summed E-state index contributed by atoms with van der Waals surface area (Å²) < 4.78 is 0. The molecule has 5 heteroatoms. The first-order valence-electron chi connectivity index (χ1n) is 6.56. The Morgan fingerprint density at radius 3 is 2.74 bits per heavy atom. The molecule has 1 amide bonds. The van der Waals surface area contributed by atoms with E-state index in [4.69, 9.17) is 28.9 Å². The molecule has 0 aromatic heterocycles. The van der Waals surface area contributed by atoms with Crippen molar-refractivity contribution in [2.24, 2.45) is 5.92 Å². The average Bonchev–Trinajstić information content (AvgIpc) is 3.16. The molecule has 0 saturated heterocycles. The van der Waals surface area contributed by atoms with Gasteiger partial charge in [0.05, 0.1) is 15.6 Å². The van der Waals surface area contributed by atoms with Gasteiger partial charge in [0.2, 0.25) is 0 Å². The van der Waals surface area contributed by atoms with Crippen LogP contribution < -0.4 is 11.1 Å². The third kappa shape index (κ3) is 3.77. The minimum absolute atomic E-state index is 0.191. The minimum atomic E-state index is -0.202. The van der Waals surface area contributed by atoms with Crippen LogP contribution in [0.25, 0.3) is 0 Å². The second-order valence-corrected chi connectivity index (χ2v) is 5.91. The Morgan fingerprint density at radius 2 is 2.16 bits per heavy atom. The predicted molar refractivity (Wildman–Crippen MR) is 79.8 cm³/mol. The summed E-state index contributed by atoms with van der Waals surface area (Å²) in [6.07, 6.45) is 4.50. The van der Waals surface area contributed by atoms with Crippen LogP contribution in [-0.4, -0.2) is 11.9 Å². The molecule has 1 fully saturated rings. The molecule has 3 N–H and O–H groups in total. The van der Waals surface area contributed by atoms with E-state index < -0.39 is 0 Å². The van der Waals surface area contributed by atoms with Crippen molar-refractivity contribution in [3.05, 3.63) is 27.7 Å². The Hall–Kier alpha value is -0.930. The van der Waals surface area contributed by atoms with Crippen molar-refractivity contribution in [2.45, 2.75) is 38.6 Å². The lowest BCUT2D eigenvalue weighted by Crippen LogP contribution is -2.35. The minimum Gasteiger partial charge on any atom is -0.399 e. The SMILES string of the molecule is CCC(CC1CC1)NC(=O)c1cc(N)cc(Cl)c1Cl. The van der Waals surface area contributed by atoms with Crippen LogP contribution in [0.3, 0.4) is 0 Å². The molecule has 1 atom stereocenters. The van der Waals surface area contributed by atoms with E-state index in [0.29, 0.717) is 16.3 Å². The third-order valence-corrected chi connectivity index (χ3v) is 4.24. The number of benzene rings is 1. The number of hydrogen-bond acceptors (Lipinski definition) is 2. The number of nitrogens with one attached hydrogen (secondary N) is 1. The summed E-state index contributed by atoms with van der Waals surface area (Å²) in [5.74, 6) is 0.567. The Morgan fingerprint density at radius 1 is 1.47 bits per heavy atom. The lowest BCUT2D eigenvalue weighted by atomic mass is 10.1. The summed E-state index contributed by atoms with van der Waals surface area (Å²) in [5, 5.41) is 3.58. The molecule has 19 heavy (non-hydrogen) atoms. The molecule has 1 saturated carbocycles. The molecule has 104 valence electrons. The van der Waals surface area contributed by atoms with Gasteiger partial charge in [-0.15, -0.1) is 0 Å². The van der Waals surface area contributed by atoms with Gasteiger partial charge in [-0.2, -0.15) is 0 Å². The van der Waals surface area contributed by atoms with Crippen LogP contribution in [0.4, 0.5) is 5.69 Å². The zero-order chi connectivity index (χ0) is 14.0. The van der Waals surface area contributed by atoms with Crippen molar-refractivity contribution in [3.63, 3.8) is 0 Å². The van der Waals surface area contributed by atoms with Crippen LogP contribution in [0.1, 0.15) is 43.0 Å². The van der Waals surface area contributed by atoms with Gasteiger partial charge >= 0.3 is 0 Å². The molecule has 1 aliphatic carbocycles. The normalized spacial score (nSPS) is 16.2. The van der Waals surface area contributed by atoms with Crippen molar-refractivity contribution >= 4 is 34.8 Å². The molecule has 0 aliphatic heterocycles. The largest absolute Gasteiger partial charge is 0.399 e. The number of anilines is 1. The number of nitrogens with two attached hydrogens (primary N) is 1. The van der Waals surface area contributed by atoms with Gasteiger partial charge in [-0.1, -0.05) is 43.0 Å². The van der Waals surface area contributed by atoms with Gasteiger partial charge in [0.15, 0.2) is 0 Å². The highest BCUT2D eigenvalue weighted by atomic mass is 35.5. The van der Waals surface area contributed by atoms with E-state index in [-0.39, 0.29) is 17.0 Å². The van der Waals surface area contributed by atoms with Crippen molar-refractivity contribution in [3.8, 4) is 0 Å². The Balaban J connectivity index is 2.09. The molecule has 0 radical (unpaired) electrons. The summed E-state index contributed by atoms with van der Waals surface area (Å²) in [4.78, 5) is 12.2. The lowest BCUT2D eigenvalue weighted by Gasteiger charge is -2.17. The number of carbonyl (C=O) groups excluding carboxylic acids is 1. The molecule has 1 aromatic rings. The van der Waals surface area contributed by atoms with Gasteiger partial charge in [-0.3, -0.25) is 4.79 Å². The molecule has 0 bridgehead atoms. The van der Waals surface area contributed by atoms with E-state index >= 15 is 0 Å². The van der Waals surface area contributed by atoms with Gasteiger partial charge < -0.3 is 11.1 Å². The topological polar surface area (TPSA) is 55.1 Å². The maximum Gasteiger partial charge on any atom is 0.253 e. The molecule has 2 rings (SSSR count). The van der Waals surface area contributed by atoms with Crippen LogP contribution in [0.2, 0.25) is 10.0 Å². The van der Waals surface area contributed by atoms with Gasteiger partial charge in [0.1, 0.15) is 0 Å². The maximum atomic E-state index is 12.2. The van der Waals surface area contributed by atoms with Crippen LogP contribution in [0.5, 0.6) is 0 Å². The summed E-state index contributed by atoms with van der Waals surface area (Å²) in [6, 6.07) is 3.30. The summed E-state index contributed by atoms with van der Waals surface area (Å²) in [5.41, 5.74) is 6.48. The van der Waals surface area contributed by atoms with Crippen LogP contribution >= 0.6 is 23.2 Å². The lowest BCUT2D eigenvalue weighted by molar-refractivity contribution is 0.0933. The van der Waals surface area contributed by atoms with Crippen molar-refractivity contribution in [1.29, 1.82) is 0 Å². The van der Waals surface area contributed by atoms with Gasteiger partial charge in [-0.05, 0) is 30.9 Å². The van der Waals surface area contributed by atoms with Crippen LogP contribution in [-0.2, 0) is 0 Å². The van der Waals surface area contributed by atoms with E-state index in [9.17, 15) is 4.79 Å². The molecule has 1 aromatic carbocycles. The number of halogens is 2. The van der Waals surface area contributed by atoms with Crippen molar-refractivity contribution < 1.29 is 4.79 Å². The number of nitrogen functional groups attached to an aromatic ring is 1. The number of carbonyl (C=O) groups is 1. The van der Waals surface area contributed by atoms with Gasteiger partial charge in [0, 0.05) is 11.7 Å². The quantitative estimate of drug-likeness (QED) is 0.811. The van der Waals surface area contributed by atoms with Crippen LogP contribution in [0, 0.1) is 5.92 Å². The van der Waals surface area contributed by atoms with E-state index in [1.54, 1.807) is 12.1 Å². The monoisotopic (exact) mass is 300 g/mol. The Labute approximate surface area is 123 Å². The standard InChI is InChI=1S/C14H18Cl2N2O/c1-2-10(5-8-3-4-8)18-14(19)11-6-9(17)7-12(15)13(11)16/h6-8,10H,2-5,17H2,1H3,(H,18,19). The number of hydrogen-bond donors (Lipinski definition) is 2. The zero-order valence-corrected chi connectivity index (χ0v) is 12.4. The van der Waals surface area contributed by atoms with E-state index in [1.165, 1.54) is 12.8 Å². The second-order valence-electron chi connectivity index (χ2n) is 5.12. The molecule has 0 spiro atoms. The van der Waals surface area contributed by atoms with Gasteiger partial charge in [0.25, 0.3) is 5.91 Å². The van der Waals surface area contributed by atoms with Gasteiger partial charge in [-0.25, -0.2) is 0 Å². The zero-order valence-electron chi connectivity index (χ0n) is 10.9. The Kier molecular flexibility index (Phi) is 4.58. The molecule has 1 unspecified atom stereocenters. The smallest absolute Gasteiger partial charge is 0.253 e. The first-order valence-corrected chi connectivity index (χ1v) is 7.32. The first kappa shape index (κ1) is 14.5. The third-order valence-electron chi connectivity index (χ3n) is 3.44. The summed E-state index contributed by atoms with van der Waals surface area (Å²) >= 11 is 12.0. The fraction of sp³-hybridized carbons (Fsp3) is 0.500. The van der Waals surface area contributed by atoms with E-state index in [1.807, 2.05) is 0 Å². The van der Waals surface area contributed by atoms with Crippen molar-refractivity contribution in [1.82, 2.24) is 5.32 Å². The first-order chi connectivity index (χ1) is 9.01. The highest BCUT2D eigenvalue weighted by Crippen LogP contribution is 2.34. The maximum absolute atomic E-state index is 12.2.